The van der Waals surface area contributed by atoms with E-state index >= 15 is 0 Å². The van der Waals surface area contributed by atoms with Crippen LogP contribution in [0.15, 0.2) is 18.2 Å². The second kappa shape index (κ2) is 6.36. The van der Waals surface area contributed by atoms with Crippen molar-refractivity contribution in [2.45, 2.75) is 19.8 Å². The molecule has 2 rings (SSSR count). The smallest absolute Gasteiger partial charge is 0.229 e. The molecule has 1 atom stereocenters. The summed E-state index contributed by atoms with van der Waals surface area (Å²) in [6, 6.07) is 4.30. The van der Waals surface area contributed by atoms with Gasteiger partial charge in [0, 0.05) is 24.7 Å². The Labute approximate surface area is 116 Å². The third kappa shape index (κ3) is 3.46. The summed E-state index contributed by atoms with van der Waals surface area (Å²) in [5, 5.41) is 5.29. The van der Waals surface area contributed by atoms with Crippen LogP contribution in [-0.4, -0.2) is 25.0 Å². The normalized spacial score (nSPS) is 18.3. The van der Waals surface area contributed by atoms with Crippen molar-refractivity contribution in [2.24, 2.45) is 5.92 Å². The molecular weight excluding hydrogens is 263 g/mol. The highest BCUT2D eigenvalue weighted by Crippen LogP contribution is 2.22. The first kappa shape index (κ1) is 14.3. The van der Waals surface area contributed by atoms with Gasteiger partial charge >= 0.3 is 0 Å². The average Bonchev–Trinajstić information content (AvgIpc) is 2.42. The van der Waals surface area contributed by atoms with Crippen LogP contribution in [0.5, 0.6) is 5.75 Å². The number of anilines is 1. The predicted octanol–water partition coefficient (Wildman–Crippen LogP) is 1.69. The Morgan fingerprint density at radius 1 is 1.55 bits per heavy atom. The molecule has 1 saturated heterocycles. The fourth-order valence-corrected chi connectivity index (χ4v) is 2.05. The Hall–Kier alpha value is -2.11. The highest BCUT2D eigenvalue weighted by Gasteiger charge is 2.24. The van der Waals surface area contributed by atoms with Crippen LogP contribution >= 0.6 is 0 Å². The molecule has 0 bridgehead atoms. The lowest BCUT2D eigenvalue weighted by Gasteiger charge is -2.21. The van der Waals surface area contributed by atoms with Gasteiger partial charge in [-0.2, -0.15) is 0 Å². The molecule has 108 valence electrons. The van der Waals surface area contributed by atoms with Crippen molar-refractivity contribution < 1.29 is 18.7 Å². The molecule has 0 saturated carbocycles. The summed E-state index contributed by atoms with van der Waals surface area (Å²) in [5.74, 6) is -0.880. The summed E-state index contributed by atoms with van der Waals surface area (Å²) >= 11 is 0. The molecule has 6 heteroatoms. The molecule has 0 aliphatic carbocycles. The van der Waals surface area contributed by atoms with Crippen LogP contribution in [0, 0.1) is 11.7 Å². The van der Waals surface area contributed by atoms with Gasteiger partial charge in [-0.25, -0.2) is 4.39 Å². The molecule has 0 spiro atoms. The second-order valence-electron chi connectivity index (χ2n) is 4.61. The molecule has 1 aromatic rings. The fraction of sp³-hybridized carbons (Fsp3) is 0.429. The van der Waals surface area contributed by atoms with Gasteiger partial charge in [-0.05, 0) is 25.5 Å². The van der Waals surface area contributed by atoms with E-state index in [1.54, 1.807) is 13.0 Å². The number of benzene rings is 1. The maximum absolute atomic E-state index is 13.6. The predicted molar refractivity (Wildman–Crippen MR) is 71.9 cm³/mol. The van der Waals surface area contributed by atoms with Crippen molar-refractivity contribution in [2.75, 3.05) is 18.5 Å². The van der Waals surface area contributed by atoms with Crippen LogP contribution in [0.1, 0.15) is 19.8 Å². The SMILES string of the molecule is CCOc1ccc(NC(=O)C2CCC(=O)NC2)cc1F. The van der Waals surface area contributed by atoms with Gasteiger partial charge in [-0.15, -0.1) is 0 Å². The van der Waals surface area contributed by atoms with E-state index < -0.39 is 5.82 Å². The number of halogens is 1. The van der Waals surface area contributed by atoms with Crippen molar-refractivity contribution in [1.82, 2.24) is 5.32 Å². The number of carbonyl (C=O) groups is 2. The molecule has 1 aromatic carbocycles. The number of hydrogen-bond acceptors (Lipinski definition) is 3. The maximum atomic E-state index is 13.6. The first-order valence-corrected chi connectivity index (χ1v) is 6.60. The standard InChI is InChI=1S/C14H17FN2O3/c1-2-20-12-5-4-10(7-11(12)15)17-14(19)9-3-6-13(18)16-8-9/h4-5,7,9H,2-3,6,8H2,1H3,(H,16,18)(H,17,19). The van der Waals surface area contributed by atoms with Crippen molar-refractivity contribution in [3.05, 3.63) is 24.0 Å². The third-order valence-corrected chi connectivity index (χ3v) is 3.14. The van der Waals surface area contributed by atoms with Gasteiger partial charge in [0.25, 0.3) is 0 Å². The summed E-state index contributed by atoms with van der Waals surface area (Å²) in [5.41, 5.74) is 0.382. The number of nitrogens with one attached hydrogen (secondary N) is 2. The van der Waals surface area contributed by atoms with E-state index in [0.29, 0.717) is 31.7 Å². The van der Waals surface area contributed by atoms with E-state index in [-0.39, 0.29) is 23.5 Å². The highest BCUT2D eigenvalue weighted by molar-refractivity contribution is 5.94. The molecule has 2 N–H and O–H groups in total. The summed E-state index contributed by atoms with van der Waals surface area (Å²) < 4.78 is 18.7. The molecule has 1 aliphatic heterocycles. The van der Waals surface area contributed by atoms with E-state index in [2.05, 4.69) is 10.6 Å². The molecule has 1 aliphatic rings. The quantitative estimate of drug-likeness (QED) is 0.882. The summed E-state index contributed by atoms with van der Waals surface area (Å²) in [4.78, 5) is 23.0. The summed E-state index contributed by atoms with van der Waals surface area (Å²) in [6.07, 6.45) is 0.854. The molecule has 1 unspecified atom stereocenters. The number of ether oxygens (including phenoxy) is 1. The zero-order valence-electron chi connectivity index (χ0n) is 11.2. The van der Waals surface area contributed by atoms with Gasteiger partial charge in [0.15, 0.2) is 11.6 Å². The Balaban J connectivity index is 1.97. The van der Waals surface area contributed by atoms with Crippen LogP contribution in [-0.2, 0) is 9.59 Å². The van der Waals surface area contributed by atoms with Crippen LogP contribution in [0.4, 0.5) is 10.1 Å². The number of amides is 2. The lowest BCUT2D eigenvalue weighted by atomic mass is 9.98. The van der Waals surface area contributed by atoms with E-state index in [1.165, 1.54) is 12.1 Å². The van der Waals surface area contributed by atoms with Crippen LogP contribution < -0.4 is 15.4 Å². The Morgan fingerprint density at radius 3 is 2.95 bits per heavy atom. The third-order valence-electron chi connectivity index (χ3n) is 3.14. The van der Waals surface area contributed by atoms with E-state index in [0.717, 1.165) is 0 Å². The zero-order valence-corrected chi connectivity index (χ0v) is 11.2. The van der Waals surface area contributed by atoms with Gasteiger partial charge in [0.2, 0.25) is 11.8 Å². The molecule has 5 nitrogen and oxygen atoms in total. The van der Waals surface area contributed by atoms with Gasteiger partial charge in [-0.1, -0.05) is 0 Å². The average molecular weight is 280 g/mol. The van der Waals surface area contributed by atoms with Gasteiger partial charge in [0.05, 0.1) is 12.5 Å². The summed E-state index contributed by atoms with van der Waals surface area (Å²) in [7, 11) is 0. The summed E-state index contributed by atoms with van der Waals surface area (Å²) in [6.45, 7) is 2.47. The van der Waals surface area contributed by atoms with Gasteiger partial charge in [0.1, 0.15) is 0 Å². The van der Waals surface area contributed by atoms with Gasteiger partial charge in [-0.3, -0.25) is 9.59 Å². The minimum absolute atomic E-state index is 0.0406. The number of hydrogen-bond donors (Lipinski definition) is 2. The fourth-order valence-electron chi connectivity index (χ4n) is 2.05. The van der Waals surface area contributed by atoms with Gasteiger partial charge < -0.3 is 15.4 Å². The Bertz CT molecular complexity index is 509. The molecule has 0 aromatic heterocycles. The first-order valence-electron chi connectivity index (χ1n) is 6.60. The minimum Gasteiger partial charge on any atom is -0.491 e. The topological polar surface area (TPSA) is 67.4 Å². The Morgan fingerprint density at radius 2 is 2.35 bits per heavy atom. The molecule has 2 amide bonds. The number of carbonyl (C=O) groups excluding carboxylic acids is 2. The minimum atomic E-state index is -0.512. The van der Waals surface area contributed by atoms with Crippen molar-refractivity contribution in [1.29, 1.82) is 0 Å². The van der Waals surface area contributed by atoms with Crippen LogP contribution in [0.25, 0.3) is 0 Å². The second-order valence-corrected chi connectivity index (χ2v) is 4.61. The van der Waals surface area contributed by atoms with Crippen molar-refractivity contribution in [3.8, 4) is 5.75 Å². The molecular formula is C14H17FN2O3. The van der Waals surface area contributed by atoms with E-state index in [9.17, 15) is 14.0 Å². The maximum Gasteiger partial charge on any atom is 0.229 e. The van der Waals surface area contributed by atoms with Crippen molar-refractivity contribution >= 4 is 17.5 Å². The van der Waals surface area contributed by atoms with E-state index in [1.807, 2.05) is 0 Å². The van der Waals surface area contributed by atoms with E-state index in [4.69, 9.17) is 4.74 Å². The first-order chi connectivity index (χ1) is 9.60. The number of piperidine rings is 1. The highest BCUT2D eigenvalue weighted by atomic mass is 19.1. The van der Waals surface area contributed by atoms with Crippen LogP contribution in [0.2, 0.25) is 0 Å². The van der Waals surface area contributed by atoms with Crippen LogP contribution in [0.3, 0.4) is 0 Å². The largest absolute Gasteiger partial charge is 0.491 e. The van der Waals surface area contributed by atoms with Crippen molar-refractivity contribution in [3.63, 3.8) is 0 Å². The molecule has 1 fully saturated rings. The lowest BCUT2D eigenvalue weighted by Crippen LogP contribution is -2.40. The molecule has 20 heavy (non-hydrogen) atoms. The lowest BCUT2D eigenvalue weighted by molar-refractivity contribution is -0.126. The molecule has 1 heterocycles. The Kier molecular flexibility index (Phi) is 4.55. The zero-order chi connectivity index (χ0) is 14.5. The molecule has 0 radical (unpaired) electrons. The number of rotatable bonds is 4. The monoisotopic (exact) mass is 280 g/mol.